The zero-order valence-electron chi connectivity index (χ0n) is 15.0. The number of rotatable bonds is 8. The predicted octanol–water partition coefficient (Wildman–Crippen LogP) is 4.13. The summed E-state index contributed by atoms with van der Waals surface area (Å²) >= 11 is 0. The van der Waals surface area contributed by atoms with Crippen molar-refractivity contribution in [2.24, 2.45) is 0 Å². The van der Waals surface area contributed by atoms with Crippen molar-refractivity contribution in [1.29, 1.82) is 0 Å². The fourth-order valence-electron chi connectivity index (χ4n) is 2.61. The highest BCUT2D eigenvalue weighted by Crippen LogP contribution is 2.12. The van der Waals surface area contributed by atoms with Crippen molar-refractivity contribution in [3.8, 4) is 0 Å². The number of carbonyl (C=O) groups excluding carboxylic acids is 1. The van der Waals surface area contributed by atoms with E-state index in [2.05, 4.69) is 10.3 Å². The highest BCUT2D eigenvalue weighted by atomic mass is 16.5. The Bertz CT molecular complexity index is 877. The summed E-state index contributed by atoms with van der Waals surface area (Å²) in [5.74, 6) is -0.133. The fourth-order valence-corrected chi connectivity index (χ4v) is 2.61. The Morgan fingerprint density at radius 2 is 1.59 bits per heavy atom. The van der Waals surface area contributed by atoms with Crippen LogP contribution in [0.2, 0.25) is 0 Å². The van der Waals surface area contributed by atoms with Crippen LogP contribution in [0.5, 0.6) is 0 Å². The van der Waals surface area contributed by atoms with Crippen molar-refractivity contribution in [2.75, 3.05) is 0 Å². The van der Waals surface area contributed by atoms with E-state index in [0.717, 1.165) is 22.3 Å². The van der Waals surface area contributed by atoms with Crippen LogP contribution in [-0.2, 0) is 29.3 Å². The van der Waals surface area contributed by atoms with Crippen LogP contribution in [0.3, 0.4) is 0 Å². The van der Waals surface area contributed by atoms with Gasteiger partial charge in [0.05, 0.1) is 13.2 Å². The first-order valence-electron chi connectivity index (χ1n) is 8.85. The molecule has 0 saturated carbocycles. The molecule has 0 aliphatic carbocycles. The number of hydrogen-bond acceptors (Lipinski definition) is 3. The monoisotopic (exact) mass is 358 g/mol. The molecule has 136 valence electrons. The lowest BCUT2D eigenvalue weighted by atomic mass is 10.1. The van der Waals surface area contributed by atoms with E-state index in [-0.39, 0.29) is 5.91 Å². The van der Waals surface area contributed by atoms with Crippen molar-refractivity contribution in [2.45, 2.75) is 19.8 Å². The normalized spacial score (nSPS) is 10.8. The van der Waals surface area contributed by atoms with E-state index in [1.54, 1.807) is 18.5 Å². The van der Waals surface area contributed by atoms with Gasteiger partial charge in [0.15, 0.2) is 0 Å². The molecule has 4 nitrogen and oxygen atoms in total. The van der Waals surface area contributed by atoms with E-state index >= 15 is 0 Å². The number of ether oxygens (including phenoxy) is 1. The Kier molecular flexibility index (Phi) is 6.90. The molecule has 1 heterocycles. The molecule has 0 atom stereocenters. The minimum absolute atomic E-state index is 0.133. The SMILES string of the molecule is O=C(/C=C/c1ccncc1)NCc1ccccc1COCc1ccccc1. The lowest BCUT2D eigenvalue weighted by molar-refractivity contribution is -0.116. The Balaban J connectivity index is 1.51. The quantitative estimate of drug-likeness (QED) is 0.616. The molecular formula is C23H22N2O2. The van der Waals surface area contributed by atoms with E-state index in [4.69, 9.17) is 4.74 Å². The minimum atomic E-state index is -0.133. The topological polar surface area (TPSA) is 51.2 Å². The lowest BCUT2D eigenvalue weighted by Crippen LogP contribution is -2.21. The molecule has 27 heavy (non-hydrogen) atoms. The van der Waals surface area contributed by atoms with E-state index < -0.39 is 0 Å². The number of pyridine rings is 1. The van der Waals surface area contributed by atoms with Gasteiger partial charge in [-0.2, -0.15) is 0 Å². The van der Waals surface area contributed by atoms with Crippen LogP contribution in [0.1, 0.15) is 22.3 Å². The van der Waals surface area contributed by atoms with Crippen LogP contribution in [0, 0.1) is 0 Å². The summed E-state index contributed by atoms with van der Waals surface area (Å²) in [6, 6.07) is 21.8. The largest absolute Gasteiger partial charge is 0.372 e. The third-order valence-electron chi connectivity index (χ3n) is 4.07. The maximum atomic E-state index is 12.1. The summed E-state index contributed by atoms with van der Waals surface area (Å²) in [5, 5.41) is 2.92. The molecule has 0 unspecified atom stereocenters. The molecule has 0 bridgehead atoms. The zero-order chi connectivity index (χ0) is 18.7. The van der Waals surface area contributed by atoms with Crippen LogP contribution >= 0.6 is 0 Å². The smallest absolute Gasteiger partial charge is 0.244 e. The van der Waals surface area contributed by atoms with Crippen LogP contribution < -0.4 is 5.32 Å². The van der Waals surface area contributed by atoms with Gasteiger partial charge >= 0.3 is 0 Å². The summed E-state index contributed by atoms with van der Waals surface area (Å²) in [6.07, 6.45) is 6.70. The second-order valence-corrected chi connectivity index (χ2v) is 6.08. The van der Waals surface area contributed by atoms with Gasteiger partial charge in [0.2, 0.25) is 5.91 Å². The average molecular weight is 358 g/mol. The average Bonchev–Trinajstić information content (AvgIpc) is 2.73. The van der Waals surface area contributed by atoms with E-state index in [9.17, 15) is 4.79 Å². The van der Waals surface area contributed by atoms with Crippen molar-refractivity contribution < 1.29 is 9.53 Å². The summed E-state index contributed by atoms with van der Waals surface area (Å²) in [6.45, 7) is 1.54. The molecular weight excluding hydrogens is 336 g/mol. The van der Waals surface area contributed by atoms with Crippen molar-refractivity contribution >= 4 is 12.0 Å². The maximum Gasteiger partial charge on any atom is 0.244 e. The van der Waals surface area contributed by atoms with Gasteiger partial charge in [-0.25, -0.2) is 0 Å². The van der Waals surface area contributed by atoms with Crippen LogP contribution in [0.25, 0.3) is 6.08 Å². The Morgan fingerprint density at radius 3 is 2.37 bits per heavy atom. The molecule has 0 radical (unpaired) electrons. The first-order chi connectivity index (χ1) is 13.3. The predicted molar refractivity (Wildman–Crippen MR) is 106 cm³/mol. The number of nitrogens with zero attached hydrogens (tertiary/aromatic N) is 1. The molecule has 3 rings (SSSR count). The number of amides is 1. The van der Waals surface area contributed by atoms with Gasteiger partial charge in [-0.05, 0) is 40.5 Å². The van der Waals surface area contributed by atoms with Gasteiger partial charge in [0.1, 0.15) is 0 Å². The summed E-state index contributed by atoms with van der Waals surface area (Å²) in [5.41, 5.74) is 4.21. The van der Waals surface area contributed by atoms with E-state index in [0.29, 0.717) is 19.8 Å². The molecule has 2 aromatic carbocycles. The molecule has 1 N–H and O–H groups in total. The minimum Gasteiger partial charge on any atom is -0.372 e. The third kappa shape index (κ3) is 6.20. The molecule has 0 spiro atoms. The molecule has 3 aromatic rings. The van der Waals surface area contributed by atoms with Crippen LogP contribution in [0.15, 0.2) is 85.2 Å². The molecule has 1 amide bonds. The Labute approximate surface area is 159 Å². The first kappa shape index (κ1) is 18.5. The highest BCUT2D eigenvalue weighted by molar-refractivity contribution is 5.91. The van der Waals surface area contributed by atoms with Gasteiger partial charge in [0.25, 0.3) is 0 Å². The fraction of sp³-hybridized carbons (Fsp3) is 0.130. The van der Waals surface area contributed by atoms with Crippen molar-refractivity contribution in [3.05, 3.63) is 107 Å². The second kappa shape index (κ2) is 10.0. The Morgan fingerprint density at radius 1 is 0.889 bits per heavy atom. The summed E-state index contributed by atoms with van der Waals surface area (Å²) in [7, 11) is 0. The van der Waals surface area contributed by atoms with Crippen LogP contribution in [0.4, 0.5) is 0 Å². The lowest BCUT2D eigenvalue weighted by Gasteiger charge is -2.11. The standard InChI is InChI=1S/C23H22N2O2/c26-23(11-10-19-12-14-24-15-13-19)25-16-21-8-4-5-9-22(21)18-27-17-20-6-2-1-3-7-20/h1-15H,16-18H2,(H,25,26)/b11-10+. The molecule has 1 aromatic heterocycles. The summed E-state index contributed by atoms with van der Waals surface area (Å²) in [4.78, 5) is 16.0. The molecule has 0 aliphatic heterocycles. The molecule has 0 saturated heterocycles. The number of nitrogens with one attached hydrogen (secondary N) is 1. The van der Waals surface area contributed by atoms with E-state index in [1.165, 1.54) is 6.08 Å². The zero-order valence-corrected chi connectivity index (χ0v) is 15.0. The number of hydrogen-bond donors (Lipinski definition) is 1. The maximum absolute atomic E-state index is 12.1. The van der Waals surface area contributed by atoms with E-state index in [1.807, 2.05) is 66.7 Å². The van der Waals surface area contributed by atoms with Gasteiger partial charge in [-0.3, -0.25) is 9.78 Å². The van der Waals surface area contributed by atoms with Crippen LogP contribution in [-0.4, -0.2) is 10.9 Å². The number of benzene rings is 2. The highest BCUT2D eigenvalue weighted by Gasteiger charge is 2.04. The van der Waals surface area contributed by atoms with Crippen molar-refractivity contribution in [3.63, 3.8) is 0 Å². The van der Waals surface area contributed by atoms with Gasteiger partial charge < -0.3 is 10.1 Å². The molecule has 0 aliphatic rings. The van der Waals surface area contributed by atoms with Gasteiger partial charge in [0, 0.05) is 25.0 Å². The van der Waals surface area contributed by atoms with Gasteiger partial charge in [-0.15, -0.1) is 0 Å². The van der Waals surface area contributed by atoms with Gasteiger partial charge in [-0.1, -0.05) is 54.6 Å². The number of aromatic nitrogens is 1. The molecule has 0 fully saturated rings. The Hall–Kier alpha value is -3.24. The number of carbonyl (C=O) groups is 1. The first-order valence-corrected chi connectivity index (χ1v) is 8.85. The van der Waals surface area contributed by atoms with Crippen molar-refractivity contribution in [1.82, 2.24) is 10.3 Å². The molecule has 4 heteroatoms. The third-order valence-corrected chi connectivity index (χ3v) is 4.07. The summed E-state index contributed by atoms with van der Waals surface area (Å²) < 4.78 is 5.83. The second-order valence-electron chi connectivity index (χ2n) is 6.08.